The van der Waals surface area contributed by atoms with Gasteiger partial charge in [-0.15, -0.1) is 0 Å². The van der Waals surface area contributed by atoms with Gasteiger partial charge in [0.1, 0.15) is 5.75 Å². The number of methoxy groups -OCH3 is 1. The van der Waals surface area contributed by atoms with Gasteiger partial charge < -0.3 is 10.1 Å². The van der Waals surface area contributed by atoms with Crippen LogP contribution in [-0.2, 0) is 10.0 Å². The first-order valence-electron chi connectivity index (χ1n) is 8.38. The number of nitrogens with one attached hydrogen (secondary N) is 1. The second-order valence-electron chi connectivity index (χ2n) is 6.07. The Labute approximate surface area is 143 Å². The van der Waals surface area contributed by atoms with Gasteiger partial charge in [0.25, 0.3) is 0 Å². The predicted molar refractivity (Wildman–Crippen MR) is 96.0 cm³/mol. The van der Waals surface area contributed by atoms with E-state index in [0.29, 0.717) is 29.1 Å². The summed E-state index contributed by atoms with van der Waals surface area (Å²) in [6, 6.07) is 10.9. The molecule has 1 unspecified atom stereocenters. The maximum absolute atomic E-state index is 13.4. The van der Waals surface area contributed by atoms with Gasteiger partial charge >= 0.3 is 0 Å². The van der Waals surface area contributed by atoms with Crippen LogP contribution in [0.25, 0.3) is 10.8 Å². The van der Waals surface area contributed by atoms with Crippen LogP contribution in [0.2, 0.25) is 0 Å². The maximum atomic E-state index is 13.4. The van der Waals surface area contributed by atoms with Crippen molar-refractivity contribution in [2.24, 2.45) is 0 Å². The van der Waals surface area contributed by atoms with Crippen molar-refractivity contribution in [1.82, 2.24) is 9.62 Å². The molecule has 1 aliphatic rings. The topological polar surface area (TPSA) is 58.6 Å². The Hall–Kier alpha value is -1.63. The monoisotopic (exact) mass is 348 g/mol. The number of benzene rings is 2. The number of ether oxygens (including phenoxy) is 1. The van der Waals surface area contributed by atoms with Crippen molar-refractivity contribution in [3.05, 3.63) is 36.4 Å². The zero-order valence-corrected chi connectivity index (χ0v) is 15.0. The highest BCUT2D eigenvalue weighted by Gasteiger charge is 2.33. The molecule has 130 valence electrons. The van der Waals surface area contributed by atoms with Crippen molar-refractivity contribution in [3.8, 4) is 5.75 Å². The molecule has 1 N–H and O–H groups in total. The van der Waals surface area contributed by atoms with E-state index < -0.39 is 10.0 Å². The number of sulfonamides is 1. The zero-order chi connectivity index (χ0) is 17.2. The van der Waals surface area contributed by atoms with Gasteiger partial charge in [0.2, 0.25) is 10.0 Å². The van der Waals surface area contributed by atoms with Crippen LogP contribution in [0.1, 0.15) is 19.8 Å². The minimum absolute atomic E-state index is 0.0239. The number of rotatable bonds is 6. The third kappa shape index (κ3) is 3.01. The second kappa shape index (κ2) is 7.09. The third-order valence-electron chi connectivity index (χ3n) is 4.54. The smallest absolute Gasteiger partial charge is 0.243 e. The number of hydrogen-bond donors (Lipinski definition) is 1. The van der Waals surface area contributed by atoms with Gasteiger partial charge in [-0.1, -0.05) is 31.2 Å². The summed E-state index contributed by atoms with van der Waals surface area (Å²) in [5.41, 5.74) is 0. The second-order valence-corrected chi connectivity index (χ2v) is 7.93. The Morgan fingerprint density at radius 1 is 1.21 bits per heavy atom. The van der Waals surface area contributed by atoms with Crippen molar-refractivity contribution in [1.29, 1.82) is 0 Å². The summed E-state index contributed by atoms with van der Waals surface area (Å²) in [7, 11) is -1.96. The molecule has 3 rings (SSSR count). The average molecular weight is 348 g/mol. The van der Waals surface area contributed by atoms with E-state index in [-0.39, 0.29) is 6.04 Å². The van der Waals surface area contributed by atoms with E-state index in [0.717, 1.165) is 24.8 Å². The van der Waals surface area contributed by atoms with Crippen molar-refractivity contribution in [2.45, 2.75) is 30.7 Å². The maximum Gasteiger partial charge on any atom is 0.243 e. The minimum atomic E-state index is -3.56. The van der Waals surface area contributed by atoms with E-state index in [9.17, 15) is 8.42 Å². The quantitative estimate of drug-likeness (QED) is 0.872. The first-order valence-corrected chi connectivity index (χ1v) is 9.82. The predicted octanol–water partition coefficient (Wildman–Crippen LogP) is 2.61. The Balaban J connectivity index is 2.13. The van der Waals surface area contributed by atoms with Crippen molar-refractivity contribution in [3.63, 3.8) is 0 Å². The van der Waals surface area contributed by atoms with Gasteiger partial charge in [-0.05, 0) is 31.5 Å². The van der Waals surface area contributed by atoms with Gasteiger partial charge in [0, 0.05) is 29.9 Å². The van der Waals surface area contributed by atoms with E-state index in [2.05, 4.69) is 5.32 Å². The standard InChI is InChI=1S/C18H24N2O3S/c1-3-12-20(14-10-11-19-13-14)24(21,22)18-9-8-17(23-2)15-6-4-5-7-16(15)18/h4-9,14,19H,3,10-13H2,1-2H3. The molecule has 0 aromatic heterocycles. The Bertz CT molecular complexity index is 814. The third-order valence-corrected chi connectivity index (χ3v) is 6.55. The fourth-order valence-corrected chi connectivity index (χ4v) is 5.32. The molecule has 0 radical (unpaired) electrons. The number of fused-ring (bicyclic) bond motifs is 1. The lowest BCUT2D eigenvalue weighted by atomic mass is 10.1. The molecule has 0 spiro atoms. The molecule has 24 heavy (non-hydrogen) atoms. The molecule has 0 aliphatic carbocycles. The molecule has 0 amide bonds. The van der Waals surface area contributed by atoms with E-state index in [4.69, 9.17) is 4.74 Å². The first-order chi connectivity index (χ1) is 11.6. The summed E-state index contributed by atoms with van der Waals surface area (Å²) in [5, 5.41) is 4.80. The molecule has 2 aromatic carbocycles. The first kappa shape index (κ1) is 17.2. The van der Waals surface area contributed by atoms with Crippen LogP contribution in [0, 0.1) is 0 Å². The van der Waals surface area contributed by atoms with Crippen LogP contribution >= 0.6 is 0 Å². The average Bonchev–Trinajstić information content (AvgIpc) is 3.12. The lowest BCUT2D eigenvalue weighted by Crippen LogP contribution is -2.42. The van der Waals surface area contributed by atoms with E-state index in [1.165, 1.54) is 0 Å². The lowest BCUT2D eigenvalue weighted by Gasteiger charge is -2.28. The van der Waals surface area contributed by atoms with Crippen molar-refractivity contribution >= 4 is 20.8 Å². The van der Waals surface area contributed by atoms with Gasteiger partial charge in [-0.3, -0.25) is 0 Å². The molecule has 0 bridgehead atoms. The van der Waals surface area contributed by atoms with E-state index in [1.54, 1.807) is 23.5 Å². The molecular formula is C18H24N2O3S. The molecule has 0 saturated carbocycles. The highest BCUT2D eigenvalue weighted by Crippen LogP contribution is 2.33. The molecule has 1 atom stereocenters. The molecule has 6 heteroatoms. The largest absolute Gasteiger partial charge is 0.496 e. The summed E-state index contributed by atoms with van der Waals surface area (Å²) in [6.45, 7) is 4.13. The van der Waals surface area contributed by atoms with Gasteiger partial charge in [0.05, 0.1) is 12.0 Å². The summed E-state index contributed by atoms with van der Waals surface area (Å²) < 4.78 is 33.8. The van der Waals surface area contributed by atoms with Gasteiger partial charge in [0.15, 0.2) is 0 Å². The molecule has 1 aliphatic heterocycles. The fraction of sp³-hybridized carbons (Fsp3) is 0.444. The Kier molecular flexibility index (Phi) is 5.08. The molecule has 2 aromatic rings. The van der Waals surface area contributed by atoms with Crippen molar-refractivity contribution in [2.75, 3.05) is 26.7 Å². The lowest BCUT2D eigenvalue weighted by molar-refractivity contribution is 0.335. The Morgan fingerprint density at radius 2 is 1.96 bits per heavy atom. The van der Waals surface area contributed by atoms with Crippen LogP contribution in [-0.4, -0.2) is 45.5 Å². The highest BCUT2D eigenvalue weighted by molar-refractivity contribution is 7.89. The summed E-state index contributed by atoms with van der Waals surface area (Å²) >= 11 is 0. The van der Waals surface area contributed by atoms with Crippen LogP contribution in [0.3, 0.4) is 0 Å². The molecular weight excluding hydrogens is 324 g/mol. The normalized spacial score (nSPS) is 18.4. The molecule has 1 saturated heterocycles. The van der Waals surface area contributed by atoms with Gasteiger partial charge in [-0.2, -0.15) is 4.31 Å². The number of nitrogens with zero attached hydrogens (tertiary/aromatic N) is 1. The summed E-state index contributed by atoms with van der Waals surface area (Å²) in [4.78, 5) is 0.360. The molecule has 1 heterocycles. The summed E-state index contributed by atoms with van der Waals surface area (Å²) in [5.74, 6) is 0.689. The zero-order valence-electron chi connectivity index (χ0n) is 14.2. The van der Waals surface area contributed by atoms with Crippen molar-refractivity contribution < 1.29 is 13.2 Å². The molecule has 5 nitrogen and oxygen atoms in total. The van der Waals surface area contributed by atoms with Crippen LogP contribution < -0.4 is 10.1 Å². The highest BCUT2D eigenvalue weighted by atomic mass is 32.2. The van der Waals surface area contributed by atoms with Crippen LogP contribution in [0.5, 0.6) is 5.75 Å². The molecule has 1 fully saturated rings. The summed E-state index contributed by atoms with van der Waals surface area (Å²) in [6.07, 6.45) is 1.65. The minimum Gasteiger partial charge on any atom is -0.496 e. The van der Waals surface area contributed by atoms with Crippen LogP contribution in [0.4, 0.5) is 0 Å². The van der Waals surface area contributed by atoms with E-state index >= 15 is 0 Å². The SMILES string of the molecule is CCCN(C1CCNC1)S(=O)(=O)c1ccc(OC)c2ccccc12. The Morgan fingerprint density at radius 3 is 2.58 bits per heavy atom. The van der Waals surface area contributed by atoms with Gasteiger partial charge in [-0.25, -0.2) is 8.42 Å². The number of hydrogen-bond acceptors (Lipinski definition) is 4. The van der Waals surface area contributed by atoms with E-state index in [1.807, 2.05) is 31.2 Å². The fourth-order valence-electron chi connectivity index (χ4n) is 3.38. The van der Waals surface area contributed by atoms with Crippen LogP contribution in [0.15, 0.2) is 41.3 Å².